The van der Waals surface area contributed by atoms with Gasteiger partial charge in [0.1, 0.15) is 0 Å². The van der Waals surface area contributed by atoms with E-state index in [1.165, 1.54) is 18.5 Å². The summed E-state index contributed by atoms with van der Waals surface area (Å²) < 4.78 is 4.31. The van der Waals surface area contributed by atoms with Crippen molar-refractivity contribution in [3.05, 3.63) is 29.6 Å². The highest BCUT2D eigenvalue weighted by atomic mass is 16.6. The summed E-state index contributed by atoms with van der Waals surface area (Å²) in [5.41, 5.74) is 0.544. The maximum atomic E-state index is 10.8. The first kappa shape index (κ1) is 6.03. The van der Waals surface area contributed by atoms with Gasteiger partial charge in [-0.2, -0.15) is 0 Å². The molecule has 1 aromatic heterocycles. The van der Waals surface area contributed by atoms with Gasteiger partial charge >= 0.3 is 11.9 Å². The number of hydrogen-bond acceptors (Lipinski definition) is 4. The van der Waals surface area contributed by atoms with Crippen LogP contribution in [0.3, 0.4) is 0 Å². The lowest BCUT2D eigenvalue weighted by molar-refractivity contribution is 0.0444. The zero-order valence-corrected chi connectivity index (χ0v) is 5.40. The smallest absolute Gasteiger partial charge is 0.348 e. The number of ether oxygens (including phenoxy) is 1. The topological polar surface area (TPSA) is 56.3 Å². The Labute approximate surface area is 61.8 Å². The molecule has 4 heteroatoms. The highest BCUT2D eigenvalue weighted by Gasteiger charge is 2.28. The van der Waals surface area contributed by atoms with E-state index in [9.17, 15) is 9.59 Å². The number of cyclic esters (lactones) is 2. The molecule has 2 heterocycles. The molecule has 11 heavy (non-hydrogen) atoms. The molecule has 0 aliphatic carbocycles. The van der Waals surface area contributed by atoms with E-state index in [1.54, 1.807) is 0 Å². The Hall–Kier alpha value is -1.71. The van der Waals surface area contributed by atoms with Crippen LogP contribution >= 0.6 is 0 Å². The van der Waals surface area contributed by atoms with Gasteiger partial charge in [0, 0.05) is 12.4 Å². The van der Waals surface area contributed by atoms with Crippen LogP contribution in [0.15, 0.2) is 18.5 Å². The summed E-state index contributed by atoms with van der Waals surface area (Å²) in [5.74, 6) is -1.20. The molecule has 0 radical (unpaired) electrons. The lowest BCUT2D eigenvalue weighted by atomic mass is 10.2. The van der Waals surface area contributed by atoms with Gasteiger partial charge in [-0.05, 0) is 6.07 Å². The average Bonchev–Trinajstić information content (AvgIpc) is 2.30. The van der Waals surface area contributed by atoms with Crippen molar-refractivity contribution in [3.8, 4) is 0 Å². The molecule has 0 N–H and O–H groups in total. The van der Waals surface area contributed by atoms with Crippen LogP contribution < -0.4 is 0 Å². The van der Waals surface area contributed by atoms with Crippen LogP contribution in [0.4, 0.5) is 0 Å². The standard InChI is InChI=1S/C7H3NO3/c9-6-4-1-2-8-3-5(4)7(10)11-6/h1-3H. The monoisotopic (exact) mass is 149 g/mol. The Morgan fingerprint density at radius 2 is 1.91 bits per heavy atom. The zero-order chi connectivity index (χ0) is 7.84. The first-order valence-corrected chi connectivity index (χ1v) is 2.99. The number of rotatable bonds is 0. The molecular formula is C7H3NO3. The van der Waals surface area contributed by atoms with Crippen molar-refractivity contribution in [2.75, 3.05) is 0 Å². The van der Waals surface area contributed by atoms with Crippen LogP contribution in [0.5, 0.6) is 0 Å². The van der Waals surface area contributed by atoms with E-state index in [0.717, 1.165) is 0 Å². The summed E-state index contributed by atoms with van der Waals surface area (Å²) in [6, 6.07) is 1.46. The quantitative estimate of drug-likeness (QED) is 0.395. The highest BCUT2D eigenvalue weighted by Crippen LogP contribution is 2.17. The van der Waals surface area contributed by atoms with E-state index in [4.69, 9.17) is 0 Å². The molecule has 0 bridgehead atoms. The fraction of sp³-hybridized carbons (Fsp3) is 0. The van der Waals surface area contributed by atoms with Crippen LogP contribution in [0.25, 0.3) is 0 Å². The Morgan fingerprint density at radius 3 is 2.64 bits per heavy atom. The second-order valence-corrected chi connectivity index (χ2v) is 2.10. The number of esters is 2. The molecule has 4 nitrogen and oxygen atoms in total. The first-order valence-electron chi connectivity index (χ1n) is 2.99. The molecule has 0 unspecified atom stereocenters. The summed E-state index contributed by atoms with van der Waals surface area (Å²) in [7, 11) is 0. The number of pyridine rings is 1. The Morgan fingerprint density at radius 1 is 1.18 bits per heavy atom. The normalized spacial score (nSPS) is 14.5. The van der Waals surface area contributed by atoms with Gasteiger partial charge in [-0.25, -0.2) is 9.59 Å². The molecular weight excluding hydrogens is 146 g/mol. The van der Waals surface area contributed by atoms with Crippen molar-refractivity contribution in [1.82, 2.24) is 4.98 Å². The van der Waals surface area contributed by atoms with Crippen molar-refractivity contribution >= 4 is 11.9 Å². The Bertz CT molecular complexity index is 312. The third-order valence-electron chi connectivity index (χ3n) is 1.45. The maximum absolute atomic E-state index is 10.8. The van der Waals surface area contributed by atoms with Gasteiger partial charge in [-0.1, -0.05) is 0 Å². The van der Waals surface area contributed by atoms with E-state index in [2.05, 4.69) is 9.72 Å². The van der Waals surface area contributed by atoms with E-state index in [1.807, 2.05) is 0 Å². The molecule has 1 aliphatic rings. The van der Waals surface area contributed by atoms with Crippen LogP contribution in [0.1, 0.15) is 20.7 Å². The molecule has 1 aromatic rings. The summed E-state index contributed by atoms with van der Waals surface area (Å²) >= 11 is 0. The van der Waals surface area contributed by atoms with E-state index in [-0.39, 0.29) is 5.56 Å². The van der Waals surface area contributed by atoms with Crippen molar-refractivity contribution in [3.63, 3.8) is 0 Å². The minimum Gasteiger partial charge on any atom is -0.386 e. The molecule has 0 saturated carbocycles. The first-order chi connectivity index (χ1) is 5.29. The molecule has 0 fully saturated rings. The Kier molecular flexibility index (Phi) is 1.03. The second kappa shape index (κ2) is 1.88. The van der Waals surface area contributed by atoms with Gasteiger partial charge < -0.3 is 4.74 Å². The lowest BCUT2D eigenvalue weighted by Gasteiger charge is -1.85. The van der Waals surface area contributed by atoms with Gasteiger partial charge in [0.05, 0.1) is 11.1 Å². The van der Waals surface area contributed by atoms with Crippen molar-refractivity contribution in [2.45, 2.75) is 0 Å². The molecule has 0 spiro atoms. The fourth-order valence-electron chi connectivity index (χ4n) is 0.929. The predicted octanol–water partition coefficient (Wildman–Crippen LogP) is 0.392. The van der Waals surface area contributed by atoms with Gasteiger partial charge in [-0.15, -0.1) is 0 Å². The minimum absolute atomic E-state index is 0.248. The van der Waals surface area contributed by atoms with Gasteiger partial charge in [0.15, 0.2) is 0 Å². The summed E-state index contributed by atoms with van der Waals surface area (Å²) in [5, 5.41) is 0. The summed E-state index contributed by atoms with van der Waals surface area (Å²) in [6.07, 6.45) is 2.77. The number of carbonyl (C=O) groups is 2. The molecule has 0 amide bonds. The van der Waals surface area contributed by atoms with Crippen molar-refractivity contribution < 1.29 is 14.3 Å². The number of nitrogens with zero attached hydrogens (tertiary/aromatic N) is 1. The van der Waals surface area contributed by atoms with Crippen molar-refractivity contribution in [2.24, 2.45) is 0 Å². The largest absolute Gasteiger partial charge is 0.386 e. The van der Waals surface area contributed by atoms with E-state index in [0.29, 0.717) is 5.56 Å². The second-order valence-electron chi connectivity index (χ2n) is 2.10. The lowest BCUT2D eigenvalue weighted by Crippen LogP contribution is -1.96. The summed E-state index contributed by atoms with van der Waals surface area (Å²) in [6.45, 7) is 0. The fourth-order valence-corrected chi connectivity index (χ4v) is 0.929. The van der Waals surface area contributed by atoms with Gasteiger partial charge in [0.25, 0.3) is 0 Å². The molecule has 0 saturated heterocycles. The zero-order valence-electron chi connectivity index (χ0n) is 5.40. The molecule has 0 atom stereocenters. The third-order valence-corrected chi connectivity index (χ3v) is 1.45. The van der Waals surface area contributed by atoms with Gasteiger partial charge in [0.2, 0.25) is 0 Å². The Balaban J connectivity index is 2.69. The number of fused-ring (bicyclic) bond motifs is 1. The number of aromatic nitrogens is 1. The van der Waals surface area contributed by atoms with Crippen LogP contribution in [0, 0.1) is 0 Å². The summed E-state index contributed by atoms with van der Waals surface area (Å²) in [4.78, 5) is 25.3. The highest BCUT2D eigenvalue weighted by molar-refractivity contribution is 6.14. The van der Waals surface area contributed by atoms with E-state index >= 15 is 0 Å². The molecule has 0 aromatic carbocycles. The maximum Gasteiger partial charge on any atom is 0.348 e. The average molecular weight is 149 g/mol. The third kappa shape index (κ3) is 0.724. The molecule has 1 aliphatic heterocycles. The minimum atomic E-state index is -0.613. The molecule has 54 valence electrons. The van der Waals surface area contributed by atoms with Gasteiger partial charge in [-0.3, -0.25) is 4.98 Å². The van der Waals surface area contributed by atoms with Crippen molar-refractivity contribution in [1.29, 1.82) is 0 Å². The van der Waals surface area contributed by atoms with Crippen LogP contribution in [-0.4, -0.2) is 16.9 Å². The van der Waals surface area contributed by atoms with E-state index < -0.39 is 11.9 Å². The number of carbonyl (C=O) groups excluding carboxylic acids is 2. The molecule has 2 rings (SSSR count). The number of hydrogen-bond donors (Lipinski definition) is 0. The SMILES string of the molecule is O=C1OC(=O)c2cnccc21. The van der Waals surface area contributed by atoms with Crippen LogP contribution in [-0.2, 0) is 4.74 Å². The van der Waals surface area contributed by atoms with Crippen LogP contribution in [0.2, 0.25) is 0 Å². The predicted molar refractivity (Wildman–Crippen MR) is 34.0 cm³/mol.